The van der Waals surface area contributed by atoms with E-state index in [-0.39, 0.29) is 36.1 Å². The van der Waals surface area contributed by atoms with Crippen molar-refractivity contribution in [3.05, 3.63) is 117 Å². The van der Waals surface area contributed by atoms with Gasteiger partial charge in [0, 0.05) is 32.7 Å². The number of hydrogen-bond donors (Lipinski definition) is 3. The minimum absolute atomic E-state index is 0.0502. The van der Waals surface area contributed by atoms with Crippen molar-refractivity contribution in [3.63, 3.8) is 0 Å². The minimum atomic E-state index is -0.862. The third kappa shape index (κ3) is 9.50. The van der Waals surface area contributed by atoms with E-state index in [0.29, 0.717) is 41.9 Å². The van der Waals surface area contributed by atoms with Gasteiger partial charge in [0.15, 0.2) is 0 Å². The molecule has 0 spiro atoms. The molecule has 1 aromatic heterocycles. The normalized spacial score (nSPS) is 22.1. The Morgan fingerprint density at radius 1 is 1.14 bits per heavy atom. The SMILES string of the molecule is C=CNC.CC.CC/C(C)=C/CC1=C(C)C(CCNCC(=O)N2C(C#N)CC3C(C)C32)(c2nn(-c3ccc(C)cc3)c(=O)[nH]2)c2ccc(C(=O)N(C)C)cc2CC1. The molecule has 1 aliphatic heterocycles. The number of hydrogen-bond acceptors (Lipinski definition) is 7. The fourth-order valence-corrected chi connectivity index (χ4v) is 8.34. The van der Waals surface area contributed by atoms with Crippen LogP contribution in [-0.4, -0.2) is 82.7 Å². The Morgan fingerprint density at radius 3 is 2.44 bits per heavy atom. The number of aromatic amines is 1. The maximum absolute atomic E-state index is 13.7. The van der Waals surface area contributed by atoms with Crippen molar-refractivity contribution in [2.45, 2.75) is 104 Å². The van der Waals surface area contributed by atoms with E-state index in [1.165, 1.54) is 15.8 Å². The highest BCUT2D eigenvalue weighted by Gasteiger charge is 2.60. The Morgan fingerprint density at radius 2 is 1.82 bits per heavy atom. The van der Waals surface area contributed by atoms with Gasteiger partial charge in [0.1, 0.15) is 11.9 Å². The number of nitrogens with one attached hydrogen (secondary N) is 3. The van der Waals surface area contributed by atoms with Gasteiger partial charge in [-0.2, -0.15) is 9.94 Å². The molecule has 2 amide bonds. The Hall–Kier alpha value is -5.21. The highest BCUT2D eigenvalue weighted by atomic mass is 16.2. The molecule has 5 unspecified atom stereocenters. The number of carbonyl (C=O) groups is 2. The van der Waals surface area contributed by atoms with Gasteiger partial charge in [-0.1, -0.05) is 80.8 Å². The molecule has 306 valence electrons. The smallest absolute Gasteiger partial charge is 0.348 e. The lowest BCUT2D eigenvalue weighted by Crippen LogP contribution is -2.44. The molecule has 3 N–H and O–H groups in total. The van der Waals surface area contributed by atoms with Gasteiger partial charge < -0.3 is 20.4 Å². The number of likely N-dealkylation sites (tertiary alicyclic amines) is 1. The monoisotopic (exact) mass is 777 g/mol. The summed E-state index contributed by atoms with van der Waals surface area (Å²) in [5.74, 6) is 1.27. The van der Waals surface area contributed by atoms with Crippen LogP contribution in [0, 0.1) is 30.1 Å². The average Bonchev–Trinajstić information content (AvgIpc) is 3.50. The molecule has 2 heterocycles. The highest BCUT2D eigenvalue weighted by molar-refractivity contribution is 5.94. The van der Waals surface area contributed by atoms with Gasteiger partial charge in [-0.15, -0.1) is 5.10 Å². The van der Waals surface area contributed by atoms with Crippen molar-refractivity contribution in [2.24, 2.45) is 11.8 Å². The predicted molar refractivity (Wildman–Crippen MR) is 229 cm³/mol. The number of amides is 2. The number of benzene rings is 2. The number of allylic oxidation sites excluding steroid dienone is 4. The Kier molecular flexibility index (Phi) is 15.4. The Labute approximate surface area is 339 Å². The van der Waals surface area contributed by atoms with Crippen LogP contribution < -0.4 is 16.3 Å². The molecule has 2 aromatic carbocycles. The number of nitrogens with zero attached hydrogens (tertiary/aromatic N) is 5. The summed E-state index contributed by atoms with van der Waals surface area (Å²) in [6.07, 6.45) is 8.44. The number of aromatic nitrogens is 3. The number of aryl methyl sites for hydroxylation is 2. The molecule has 3 aromatic rings. The number of nitriles is 1. The second-order valence-corrected chi connectivity index (χ2v) is 15.5. The van der Waals surface area contributed by atoms with Crippen LogP contribution in [0.2, 0.25) is 0 Å². The van der Waals surface area contributed by atoms with Crippen molar-refractivity contribution < 1.29 is 9.59 Å². The quantitative estimate of drug-likeness (QED) is 0.133. The van der Waals surface area contributed by atoms with E-state index in [0.717, 1.165) is 54.4 Å². The van der Waals surface area contributed by atoms with Crippen LogP contribution in [-0.2, 0) is 16.6 Å². The molecule has 5 atom stereocenters. The number of piperidine rings is 1. The van der Waals surface area contributed by atoms with E-state index in [1.807, 2.05) is 70.3 Å². The molecule has 3 aliphatic rings. The predicted octanol–water partition coefficient (Wildman–Crippen LogP) is 6.98. The van der Waals surface area contributed by atoms with Crippen LogP contribution >= 0.6 is 0 Å². The van der Waals surface area contributed by atoms with Gasteiger partial charge in [0.25, 0.3) is 5.91 Å². The van der Waals surface area contributed by atoms with Crippen molar-refractivity contribution >= 4 is 11.8 Å². The summed E-state index contributed by atoms with van der Waals surface area (Å²) in [5.41, 5.74) is 6.90. The maximum atomic E-state index is 13.7. The first kappa shape index (κ1) is 44.5. The number of carbonyl (C=O) groups excluding carboxylic acids is 2. The van der Waals surface area contributed by atoms with Crippen LogP contribution in [0.3, 0.4) is 0 Å². The molecule has 2 fully saturated rings. The lowest BCUT2D eigenvalue weighted by molar-refractivity contribution is -0.131. The zero-order valence-corrected chi connectivity index (χ0v) is 35.8. The molecule has 1 saturated carbocycles. The van der Waals surface area contributed by atoms with Crippen LogP contribution in [0.1, 0.15) is 107 Å². The lowest BCUT2D eigenvalue weighted by atomic mass is 9.69. The van der Waals surface area contributed by atoms with E-state index >= 15 is 0 Å². The van der Waals surface area contributed by atoms with Crippen LogP contribution in [0.15, 0.2) is 82.8 Å². The van der Waals surface area contributed by atoms with E-state index in [1.54, 1.807) is 30.1 Å². The maximum Gasteiger partial charge on any atom is 0.348 e. The fourth-order valence-electron chi connectivity index (χ4n) is 8.34. The third-order valence-electron chi connectivity index (χ3n) is 11.9. The van der Waals surface area contributed by atoms with Gasteiger partial charge in [-0.3, -0.25) is 14.6 Å². The number of fused-ring (bicyclic) bond motifs is 2. The summed E-state index contributed by atoms with van der Waals surface area (Å²) in [6.45, 7) is 18.6. The van der Waals surface area contributed by atoms with E-state index in [4.69, 9.17) is 5.10 Å². The molecular formula is C46H64N8O3. The number of rotatable bonds is 12. The first-order valence-corrected chi connectivity index (χ1v) is 20.5. The van der Waals surface area contributed by atoms with Crippen LogP contribution in [0.25, 0.3) is 5.69 Å². The standard InChI is InChI=1S/C41H51N7O3.C3H7N.C2H6/c1-8-25(2)9-12-29-13-14-30-21-31(38(50)46(6)7)15-18-35(30)41(28(29)5,39-44-40(51)48(45-39)32-16-10-26(3)11-17-32)19-20-43-24-36(49)47-33(23-42)22-34-27(4)37(34)47;1-3-4-2;1-2/h9-11,15-18,21,27,33-34,37,43H,8,12-14,19-20,22,24H2,1-7H3,(H,44,45,51);3-4H,1H2,2H3;1-2H3/b25-9+;;. The molecule has 11 heteroatoms. The molecule has 2 aliphatic carbocycles. The summed E-state index contributed by atoms with van der Waals surface area (Å²) in [6, 6.07) is 15.8. The second-order valence-electron chi connectivity index (χ2n) is 15.5. The summed E-state index contributed by atoms with van der Waals surface area (Å²) in [7, 11) is 5.32. The summed E-state index contributed by atoms with van der Waals surface area (Å²) in [5, 5.41) is 20.9. The van der Waals surface area contributed by atoms with Gasteiger partial charge in [-0.25, -0.2) is 4.79 Å². The van der Waals surface area contributed by atoms with E-state index < -0.39 is 5.41 Å². The molecule has 0 bridgehead atoms. The topological polar surface area (TPSA) is 139 Å². The van der Waals surface area contributed by atoms with Crippen LogP contribution in [0.4, 0.5) is 0 Å². The first-order valence-electron chi connectivity index (χ1n) is 20.5. The molecule has 57 heavy (non-hydrogen) atoms. The molecule has 0 radical (unpaired) electrons. The van der Waals surface area contributed by atoms with Gasteiger partial charge in [0.05, 0.1) is 23.7 Å². The minimum Gasteiger partial charge on any atom is -0.394 e. The highest BCUT2D eigenvalue weighted by Crippen LogP contribution is 2.53. The van der Waals surface area contributed by atoms with E-state index in [9.17, 15) is 19.6 Å². The van der Waals surface area contributed by atoms with Crippen molar-refractivity contribution in [3.8, 4) is 11.8 Å². The summed E-state index contributed by atoms with van der Waals surface area (Å²) in [4.78, 5) is 47.0. The molecule has 11 nitrogen and oxygen atoms in total. The number of H-pyrrole nitrogens is 1. The third-order valence-corrected chi connectivity index (χ3v) is 11.9. The fraction of sp³-hybridized carbons (Fsp3) is 0.500. The van der Waals surface area contributed by atoms with Gasteiger partial charge in [0.2, 0.25) is 5.91 Å². The Bertz CT molecular complexity index is 2050. The van der Waals surface area contributed by atoms with Gasteiger partial charge in [-0.05, 0) is 119 Å². The first-order chi connectivity index (χ1) is 27.3. The lowest BCUT2D eigenvalue weighted by Gasteiger charge is -2.36. The van der Waals surface area contributed by atoms with Crippen LogP contribution in [0.5, 0.6) is 0 Å². The summed E-state index contributed by atoms with van der Waals surface area (Å²) < 4.78 is 1.43. The molecule has 1 saturated heterocycles. The average molecular weight is 777 g/mol. The summed E-state index contributed by atoms with van der Waals surface area (Å²) >= 11 is 0. The zero-order chi connectivity index (χ0) is 42.0. The van der Waals surface area contributed by atoms with E-state index in [2.05, 4.69) is 62.0 Å². The van der Waals surface area contributed by atoms with Crippen molar-refractivity contribution in [1.82, 2.24) is 35.2 Å². The zero-order valence-electron chi connectivity index (χ0n) is 35.8. The van der Waals surface area contributed by atoms with Crippen molar-refractivity contribution in [2.75, 3.05) is 34.2 Å². The Balaban J connectivity index is 0.00000113. The molecular weight excluding hydrogens is 713 g/mol. The van der Waals surface area contributed by atoms with Gasteiger partial charge >= 0.3 is 5.69 Å². The molecule has 6 rings (SSSR count). The second kappa shape index (κ2) is 19.8. The van der Waals surface area contributed by atoms with Crippen molar-refractivity contribution in [1.29, 1.82) is 5.26 Å². The largest absolute Gasteiger partial charge is 0.394 e.